The zero-order chi connectivity index (χ0) is 11.4. The Bertz CT molecular complexity index is 342. The Kier molecular flexibility index (Phi) is 3.61. The molecule has 0 radical (unpaired) electrons. The molecule has 4 heteroatoms. The summed E-state index contributed by atoms with van der Waals surface area (Å²) in [5.41, 5.74) is 5.52. The van der Waals surface area contributed by atoms with E-state index in [1.807, 2.05) is 17.5 Å². The van der Waals surface area contributed by atoms with Crippen LogP contribution in [0.3, 0.4) is 0 Å². The van der Waals surface area contributed by atoms with Crippen LogP contribution in [0.4, 0.5) is 0 Å². The molecule has 0 aromatic carbocycles. The molecule has 88 valence electrons. The molecule has 3 nitrogen and oxygen atoms in total. The minimum Gasteiger partial charge on any atom is -0.350 e. The second-order valence-corrected chi connectivity index (χ2v) is 5.51. The summed E-state index contributed by atoms with van der Waals surface area (Å²) in [6, 6.07) is 4.01. The third-order valence-corrected chi connectivity index (χ3v) is 4.08. The molecule has 1 amide bonds. The van der Waals surface area contributed by atoms with Gasteiger partial charge in [-0.15, -0.1) is 11.3 Å². The Labute approximate surface area is 100 Å². The van der Waals surface area contributed by atoms with E-state index in [0.717, 1.165) is 25.7 Å². The molecule has 0 atom stereocenters. The molecule has 0 aliphatic heterocycles. The van der Waals surface area contributed by atoms with Crippen LogP contribution in [0.5, 0.6) is 0 Å². The van der Waals surface area contributed by atoms with Gasteiger partial charge in [-0.25, -0.2) is 0 Å². The Balaban J connectivity index is 1.87. The van der Waals surface area contributed by atoms with E-state index in [4.69, 9.17) is 5.73 Å². The first-order chi connectivity index (χ1) is 7.71. The van der Waals surface area contributed by atoms with Gasteiger partial charge in [-0.3, -0.25) is 4.79 Å². The molecule has 1 aliphatic carbocycles. The van der Waals surface area contributed by atoms with Crippen molar-refractivity contribution >= 4 is 17.2 Å². The van der Waals surface area contributed by atoms with Crippen LogP contribution in [-0.2, 0) is 11.3 Å². The van der Waals surface area contributed by atoms with Gasteiger partial charge in [0, 0.05) is 4.88 Å². The SMILES string of the molecule is NC1(C(=O)NCc2cccs2)CCCCC1. The van der Waals surface area contributed by atoms with Crippen molar-refractivity contribution in [2.24, 2.45) is 5.73 Å². The summed E-state index contributed by atoms with van der Waals surface area (Å²) < 4.78 is 0. The zero-order valence-corrected chi connectivity index (χ0v) is 10.2. The number of carbonyl (C=O) groups is 1. The van der Waals surface area contributed by atoms with Crippen LogP contribution in [0.1, 0.15) is 37.0 Å². The molecule has 1 aromatic rings. The van der Waals surface area contributed by atoms with Gasteiger partial charge in [0.15, 0.2) is 0 Å². The normalized spacial score (nSPS) is 19.3. The number of hydrogen-bond acceptors (Lipinski definition) is 3. The molecule has 2 rings (SSSR count). The highest BCUT2D eigenvalue weighted by atomic mass is 32.1. The zero-order valence-electron chi connectivity index (χ0n) is 9.37. The highest BCUT2D eigenvalue weighted by Crippen LogP contribution is 2.26. The summed E-state index contributed by atoms with van der Waals surface area (Å²) in [5, 5.41) is 4.96. The van der Waals surface area contributed by atoms with Gasteiger partial charge in [0.1, 0.15) is 0 Å². The Morgan fingerprint density at radius 3 is 2.81 bits per heavy atom. The van der Waals surface area contributed by atoms with Crippen LogP contribution in [0, 0.1) is 0 Å². The fraction of sp³-hybridized carbons (Fsp3) is 0.583. The summed E-state index contributed by atoms with van der Waals surface area (Å²) in [7, 11) is 0. The number of hydrogen-bond donors (Lipinski definition) is 2. The van der Waals surface area contributed by atoms with Crippen molar-refractivity contribution in [2.45, 2.75) is 44.2 Å². The minimum atomic E-state index is -0.616. The first kappa shape index (κ1) is 11.6. The van der Waals surface area contributed by atoms with E-state index >= 15 is 0 Å². The predicted octanol–water partition coefficient (Wildman–Crippen LogP) is 2.03. The number of nitrogens with two attached hydrogens (primary N) is 1. The topological polar surface area (TPSA) is 55.1 Å². The van der Waals surface area contributed by atoms with Crippen molar-refractivity contribution in [1.82, 2.24) is 5.32 Å². The fourth-order valence-electron chi connectivity index (χ4n) is 2.17. The minimum absolute atomic E-state index is 0.0144. The van der Waals surface area contributed by atoms with Gasteiger partial charge in [-0.1, -0.05) is 25.3 Å². The lowest BCUT2D eigenvalue weighted by atomic mass is 9.82. The maximum Gasteiger partial charge on any atom is 0.240 e. The first-order valence-corrected chi connectivity index (χ1v) is 6.68. The van der Waals surface area contributed by atoms with E-state index in [1.165, 1.54) is 11.3 Å². The van der Waals surface area contributed by atoms with E-state index in [1.54, 1.807) is 11.3 Å². The van der Waals surface area contributed by atoms with Crippen molar-refractivity contribution in [3.63, 3.8) is 0 Å². The van der Waals surface area contributed by atoms with E-state index < -0.39 is 5.54 Å². The maximum atomic E-state index is 12.0. The number of thiophene rings is 1. The molecule has 0 saturated heterocycles. The Hall–Kier alpha value is -0.870. The van der Waals surface area contributed by atoms with E-state index in [0.29, 0.717) is 6.54 Å². The quantitative estimate of drug-likeness (QED) is 0.846. The molecule has 1 aromatic heterocycles. The second kappa shape index (κ2) is 4.97. The summed E-state index contributed by atoms with van der Waals surface area (Å²) in [5.74, 6) is 0.0144. The van der Waals surface area contributed by atoms with Crippen molar-refractivity contribution < 1.29 is 4.79 Å². The monoisotopic (exact) mass is 238 g/mol. The van der Waals surface area contributed by atoms with Gasteiger partial charge in [0.05, 0.1) is 12.1 Å². The fourth-order valence-corrected chi connectivity index (χ4v) is 2.81. The molecular weight excluding hydrogens is 220 g/mol. The van der Waals surface area contributed by atoms with Gasteiger partial charge < -0.3 is 11.1 Å². The van der Waals surface area contributed by atoms with Crippen LogP contribution >= 0.6 is 11.3 Å². The van der Waals surface area contributed by atoms with Crippen molar-refractivity contribution in [3.8, 4) is 0 Å². The molecule has 1 fully saturated rings. The summed E-state index contributed by atoms with van der Waals surface area (Å²) in [6.45, 7) is 0.607. The molecule has 0 bridgehead atoms. The lowest BCUT2D eigenvalue weighted by Gasteiger charge is -2.31. The van der Waals surface area contributed by atoms with Gasteiger partial charge in [-0.2, -0.15) is 0 Å². The number of rotatable bonds is 3. The summed E-state index contributed by atoms with van der Waals surface area (Å²) in [6.07, 6.45) is 5.00. The molecule has 1 aliphatic rings. The molecule has 0 unspecified atom stereocenters. The molecule has 1 saturated carbocycles. The second-order valence-electron chi connectivity index (χ2n) is 4.48. The number of amides is 1. The average molecular weight is 238 g/mol. The van der Waals surface area contributed by atoms with E-state index in [9.17, 15) is 4.79 Å². The first-order valence-electron chi connectivity index (χ1n) is 5.80. The molecule has 3 N–H and O–H groups in total. The van der Waals surface area contributed by atoms with E-state index in [-0.39, 0.29) is 5.91 Å². The third kappa shape index (κ3) is 2.62. The van der Waals surface area contributed by atoms with Crippen molar-refractivity contribution in [1.29, 1.82) is 0 Å². The smallest absolute Gasteiger partial charge is 0.240 e. The average Bonchev–Trinajstić information content (AvgIpc) is 2.79. The number of nitrogens with one attached hydrogen (secondary N) is 1. The van der Waals surface area contributed by atoms with Crippen LogP contribution in [0.15, 0.2) is 17.5 Å². The van der Waals surface area contributed by atoms with Gasteiger partial charge in [-0.05, 0) is 24.3 Å². The standard InChI is InChI=1S/C12H18N2OS/c13-12(6-2-1-3-7-12)11(15)14-9-10-5-4-8-16-10/h4-5,8H,1-3,6-7,9,13H2,(H,14,15). The van der Waals surface area contributed by atoms with Crippen LogP contribution in [0.2, 0.25) is 0 Å². The Morgan fingerprint density at radius 2 is 2.19 bits per heavy atom. The highest BCUT2D eigenvalue weighted by molar-refractivity contribution is 7.09. The lowest BCUT2D eigenvalue weighted by molar-refractivity contribution is -0.127. The van der Waals surface area contributed by atoms with Crippen LogP contribution in [0.25, 0.3) is 0 Å². The summed E-state index contributed by atoms with van der Waals surface area (Å²) >= 11 is 1.65. The molecule has 16 heavy (non-hydrogen) atoms. The number of carbonyl (C=O) groups excluding carboxylic acids is 1. The lowest BCUT2D eigenvalue weighted by Crippen LogP contribution is -2.54. The molecule has 1 heterocycles. The largest absolute Gasteiger partial charge is 0.350 e. The van der Waals surface area contributed by atoms with Gasteiger partial charge in [0.2, 0.25) is 5.91 Å². The summed E-state index contributed by atoms with van der Waals surface area (Å²) in [4.78, 5) is 13.2. The third-order valence-electron chi connectivity index (χ3n) is 3.20. The van der Waals surface area contributed by atoms with E-state index in [2.05, 4.69) is 5.32 Å². The molecule has 0 spiro atoms. The molecular formula is C12H18N2OS. The predicted molar refractivity (Wildman–Crippen MR) is 66.2 cm³/mol. The maximum absolute atomic E-state index is 12.0. The van der Waals surface area contributed by atoms with Gasteiger partial charge >= 0.3 is 0 Å². The highest BCUT2D eigenvalue weighted by Gasteiger charge is 2.34. The van der Waals surface area contributed by atoms with Crippen LogP contribution in [-0.4, -0.2) is 11.4 Å². The van der Waals surface area contributed by atoms with Crippen molar-refractivity contribution in [3.05, 3.63) is 22.4 Å². The van der Waals surface area contributed by atoms with Crippen LogP contribution < -0.4 is 11.1 Å². The van der Waals surface area contributed by atoms with Gasteiger partial charge in [0.25, 0.3) is 0 Å². The van der Waals surface area contributed by atoms with Crippen molar-refractivity contribution in [2.75, 3.05) is 0 Å². The Morgan fingerprint density at radius 1 is 1.44 bits per heavy atom.